The number of hydrogen-bond acceptors (Lipinski definition) is 3. The summed E-state index contributed by atoms with van der Waals surface area (Å²) in [6.07, 6.45) is 0. The minimum Gasteiger partial charge on any atom is -0.423 e. The van der Waals surface area contributed by atoms with Crippen LogP contribution in [0.2, 0.25) is 0 Å². The number of halogens is 2. The van der Waals surface area contributed by atoms with Crippen molar-refractivity contribution in [1.82, 2.24) is 0 Å². The first kappa shape index (κ1) is 11.0. The molecular weight excluding hydrogens is 210 g/mol. The van der Waals surface area contributed by atoms with Crippen LogP contribution in [0.4, 0.5) is 8.78 Å². The Labute approximate surface area is 85.3 Å². The van der Waals surface area contributed by atoms with E-state index in [9.17, 15) is 13.6 Å². The smallest absolute Gasteiger partial charge is 0.308 e. The maximum atomic E-state index is 13.1. The van der Waals surface area contributed by atoms with E-state index in [4.69, 9.17) is 0 Å². The number of ether oxygens (including phenoxy) is 1. The molecule has 0 spiro atoms. The molecule has 0 radical (unpaired) electrons. The molecule has 0 aliphatic carbocycles. The third-order valence-electron chi connectivity index (χ3n) is 1.50. The van der Waals surface area contributed by atoms with Crippen LogP contribution in [0.25, 0.3) is 0 Å². The van der Waals surface area contributed by atoms with Gasteiger partial charge in [-0.2, -0.15) is 12.6 Å². The molecule has 0 atom stereocenters. The molecule has 14 heavy (non-hydrogen) atoms. The molecule has 0 aromatic heterocycles. The molecule has 1 rings (SSSR count). The van der Waals surface area contributed by atoms with Crippen LogP contribution < -0.4 is 4.74 Å². The molecular formula is C9H8F2O2S. The van der Waals surface area contributed by atoms with E-state index >= 15 is 0 Å². The van der Waals surface area contributed by atoms with E-state index < -0.39 is 17.6 Å². The van der Waals surface area contributed by atoms with E-state index in [1.165, 1.54) is 0 Å². The van der Waals surface area contributed by atoms with Gasteiger partial charge >= 0.3 is 5.97 Å². The molecule has 5 heteroatoms. The van der Waals surface area contributed by atoms with Gasteiger partial charge in [0, 0.05) is 24.3 Å². The maximum absolute atomic E-state index is 13.1. The van der Waals surface area contributed by atoms with Gasteiger partial charge in [-0.3, -0.25) is 4.79 Å². The van der Waals surface area contributed by atoms with Gasteiger partial charge in [0.25, 0.3) is 0 Å². The van der Waals surface area contributed by atoms with Gasteiger partial charge in [-0.1, -0.05) is 0 Å². The van der Waals surface area contributed by atoms with Gasteiger partial charge in [0.2, 0.25) is 0 Å². The quantitative estimate of drug-likeness (QED) is 0.468. The molecule has 0 N–H and O–H groups in total. The summed E-state index contributed by atoms with van der Waals surface area (Å²) in [6, 6.07) is 1.74. The molecule has 0 bridgehead atoms. The summed E-state index contributed by atoms with van der Waals surface area (Å²) in [5.74, 6) is -2.43. The number of benzene rings is 1. The molecule has 0 saturated heterocycles. The van der Waals surface area contributed by atoms with Crippen LogP contribution in [0, 0.1) is 11.6 Å². The van der Waals surface area contributed by atoms with Gasteiger partial charge in [0.1, 0.15) is 5.82 Å². The third kappa shape index (κ3) is 2.45. The zero-order chi connectivity index (χ0) is 10.7. The van der Waals surface area contributed by atoms with Crippen molar-refractivity contribution in [2.75, 3.05) is 0 Å². The Morgan fingerprint density at radius 1 is 1.50 bits per heavy atom. The van der Waals surface area contributed by atoms with Crippen molar-refractivity contribution in [3.05, 3.63) is 29.3 Å². The second-order valence-electron chi connectivity index (χ2n) is 2.63. The van der Waals surface area contributed by atoms with E-state index in [1.54, 1.807) is 0 Å². The van der Waals surface area contributed by atoms with Gasteiger partial charge in [0.05, 0.1) is 0 Å². The lowest BCUT2D eigenvalue weighted by Gasteiger charge is -2.07. The van der Waals surface area contributed by atoms with Crippen molar-refractivity contribution in [2.45, 2.75) is 12.7 Å². The third-order valence-corrected chi connectivity index (χ3v) is 1.84. The van der Waals surface area contributed by atoms with Crippen molar-refractivity contribution in [3.63, 3.8) is 0 Å². The number of esters is 1. The first-order valence-electron chi connectivity index (χ1n) is 3.81. The lowest BCUT2D eigenvalue weighted by Crippen LogP contribution is -2.06. The van der Waals surface area contributed by atoms with E-state index in [-0.39, 0.29) is 17.1 Å². The first-order chi connectivity index (χ1) is 6.54. The summed E-state index contributed by atoms with van der Waals surface area (Å²) in [6.45, 7) is 1.14. The highest BCUT2D eigenvalue weighted by molar-refractivity contribution is 7.79. The molecule has 0 saturated carbocycles. The summed E-state index contributed by atoms with van der Waals surface area (Å²) < 4.78 is 30.4. The van der Waals surface area contributed by atoms with Crippen LogP contribution in [0.5, 0.6) is 5.75 Å². The topological polar surface area (TPSA) is 26.3 Å². The Kier molecular flexibility index (Phi) is 3.46. The lowest BCUT2D eigenvalue weighted by atomic mass is 10.2. The van der Waals surface area contributed by atoms with Crippen molar-refractivity contribution in [1.29, 1.82) is 0 Å². The minimum absolute atomic E-state index is 0.0945. The zero-order valence-electron chi connectivity index (χ0n) is 7.38. The summed E-state index contributed by atoms with van der Waals surface area (Å²) in [7, 11) is 0. The molecule has 0 fully saturated rings. The summed E-state index contributed by atoms with van der Waals surface area (Å²) in [4.78, 5) is 10.6. The fraction of sp³-hybridized carbons (Fsp3) is 0.222. The molecule has 1 aromatic carbocycles. The number of hydrogen-bond donors (Lipinski definition) is 1. The normalized spacial score (nSPS) is 10.0. The van der Waals surface area contributed by atoms with Crippen LogP contribution in [0.1, 0.15) is 12.5 Å². The summed E-state index contributed by atoms with van der Waals surface area (Å²) in [5.41, 5.74) is 0.209. The predicted molar refractivity (Wildman–Crippen MR) is 50.4 cm³/mol. The van der Waals surface area contributed by atoms with E-state index in [0.29, 0.717) is 6.07 Å². The number of carbonyl (C=O) groups excluding carboxylic acids is 1. The summed E-state index contributed by atoms with van der Waals surface area (Å²) in [5, 5.41) is 0. The first-order valence-corrected chi connectivity index (χ1v) is 4.45. The molecule has 0 amide bonds. The fourth-order valence-electron chi connectivity index (χ4n) is 0.989. The van der Waals surface area contributed by atoms with Crippen LogP contribution >= 0.6 is 12.6 Å². The monoisotopic (exact) mass is 218 g/mol. The average Bonchev–Trinajstić information content (AvgIpc) is 2.08. The maximum Gasteiger partial charge on any atom is 0.308 e. The molecule has 0 aliphatic heterocycles. The highest BCUT2D eigenvalue weighted by Gasteiger charge is 2.13. The van der Waals surface area contributed by atoms with Gasteiger partial charge in [-0.05, 0) is 6.07 Å². The zero-order valence-corrected chi connectivity index (χ0v) is 8.28. The Balaban J connectivity index is 3.18. The molecule has 1 aromatic rings. The average molecular weight is 218 g/mol. The van der Waals surface area contributed by atoms with Crippen LogP contribution in [0.3, 0.4) is 0 Å². The second kappa shape index (κ2) is 4.41. The second-order valence-corrected chi connectivity index (χ2v) is 2.94. The van der Waals surface area contributed by atoms with Crippen LogP contribution in [-0.2, 0) is 10.5 Å². The Hall–Kier alpha value is -1.10. The van der Waals surface area contributed by atoms with Gasteiger partial charge < -0.3 is 4.74 Å². The SMILES string of the molecule is CC(=O)Oc1c(F)cc(F)cc1CS. The minimum atomic E-state index is -0.899. The Bertz CT molecular complexity index is 366. The van der Waals surface area contributed by atoms with Crippen molar-refractivity contribution >= 4 is 18.6 Å². The largest absolute Gasteiger partial charge is 0.423 e. The van der Waals surface area contributed by atoms with Crippen LogP contribution in [0.15, 0.2) is 12.1 Å². The molecule has 0 unspecified atom stereocenters. The lowest BCUT2D eigenvalue weighted by molar-refractivity contribution is -0.132. The van der Waals surface area contributed by atoms with E-state index in [0.717, 1.165) is 13.0 Å². The van der Waals surface area contributed by atoms with Crippen molar-refractivity contribution in [3.8, 4) is 5.75 Å². The predicted octanol–water partition coefficient (Wildman–Crippen LogP) is 2.32. The van der Waals surface area contributed by atoms with E-state index in [2.05, 4.69) is 17.4 Å². The van der Waals surface area contributed by atoms with Crippen molar-refractivity contribution < 1.29 is 18.3 Å². The van der Waals surface area contributed by atoms with Gasteiger partial charge in [0.15, 0.2) is 11.6 Å². The molecule has 0 heterocycles. The van der Waals surface area contributed by atoms with Gasteiger partial charge in [-0.25, -0.2) is 8.78 Å². The number of carbonyl (C=O) groups is 1. The van der Waals surface area contributed by atoms with Crippen molar-refractivity contribution in [2.24, 2.45) is 0 Å². The highest BCUT2D eigenvalue weighted by Crippen LogP contribution is 2.25. The standard InChI is InChI=1S/C9H8F2O2S/c1-5(12)13-9-6(4-14)2-7(10)3-8(9)11/h2-3,14H,4H2,1H3. The Morgan fingerprint density at radius 3 is 2.64 bits per heavy atom. The Morgan fingerprint density at radius 2 is 2.14 bits per heavy atom. The summed E-state index contributed by atoms with van der Waals surface area (Å²) >= 11 is 3.87. The fourth-order valence-corrected chi connectivity index (χ4v) is 1.22. The van der Waals surface area contributed by atoms with Gasteiger partial charge in [-0.15, -0.1) is 0 Å². The molecule has 0 aliphatic rings. The van der Waals surface area contributed by atoms with E-state index in [1.807, 2.05) is 0 Å². The number of rotatable bonds is 2. The number of thiol groups is 1. The molecule has 76 valence electrons. The highest BCUT2D eigenvalue weighted by atomic mass is 32.1. The van der Waals surface area contributed by atoms with Crippen LogP contribution in [-0.4, -0.2) is 5.97 Å². The molecule has 2 nitrogen and oxygen atoms in total.